The monoisotopic (exact) mass is 252 g/mol. The van der Waals surface area contributed by atoms with E-state index in [2.05, 4.69) is 15.3 Å². The summed E-state index contributed by atoms with van der Waals surface area (Å²) in [4.78, 5) is 8.83. The highest BCUT2D eigenvalue weighted by molar-refractivity contribution is 5.67. The van der Waals surface area contributed by atoms with E-state index in [4.69, 9.17) is 10.5 Å². The lowest BCUT2D eigenvalue weighted by Gasteiger charge is -2.16. The van der Waals surface area contributed by atoms with Gasteiger partial charge < -0.3 is 15.8 Å². The van der Waals surface area contributed by atoms with Crippen LogP contribution in [0.2, 0.25) is 0 Å². The Labute approximate surface area is 109 Å². The molecular weight excluding hydrogens is 228 g/mol. The number of rotatable bonds is 6. The largest absolute Gasteiger partial charge is 0.476 e. The van der Waals surface area contributed by atoms with E-state index in [1.165, 1.54) is 0 Å². The van der Waals surface area contributed by atoms with Crippen LogP contribution in [0.1, 0.15) is 52.8 Å². The van der Waals surface area contributed by atoms with Crippen molar-refractivity contribution in [3.63, 3.8) is 0 Å². The van der Waals surface area contributed by atoms with E-state index in [1.54, 1.807) is 0 Å². The Hall–Kier alpha value is -1.52. The van der Waals surface area contributed by atoms with Crippen molar-refractivity contribution < 1.29 is 4.74 Å². The van der Waals surface area contributed by atoms with Gasteiger partial charge in [-0.3, -0.25) is 0 Å². The van der Waals surface area contributed by atoms with Crippen molar-refractivity contribution in [1.82, 2.24) is 9.97 Å². The SMILES string of the molecule is CCCOc1nc(C(C)C)nc(NC(C)C)c1N. The topological polar surface area (TPSA) is 73.1 Å². The summed E-state index contributed by atoms with van der Waals surface area (Å²) in [7, 11) is 0. The molecule has 0 unspecified atom stereocenters. The first-order valence-corrected chi connectivity index (χ1v) is 6.52. The quantitative estimate of drug-likeness (QED) is 0.814. The molecule has 5 nitrogen and oxygen atoms in total. The van der Waals surface area contributed by atoms with Gasteiger partial charge in [0.25, 0.3) is 0 Å². The van der Waals surface area contributed by atoms with Gasteiger partial charge in [0, 0.05) is 12.0 Å². The summed E-state index contributed by atoms with van der Waals surface area (Å²) < 4.78 is 5.58. The molecule has 0 saturated heterocycles. The second kappa shape index (κ2) is 6.42. The third-order valence-corrected chi connectivity index (χ3v) is 2.31. The van der Waals surface area contributed by atoms with Crippen LogP contribution in [-0.2, 0) is 0 Å². The molecule has 0 atom stereocenters. The van der Waals surface area contributed by atoms with Gasteiger partial charge in [-0.1, -0.05) is 20.8 Å². The summed E-state index contributed by atoms with van der Waals surface area (Å²) in [6, 6.07) is 0.265. The maximum absolute atomic E-state index is 6.03. The number of hydrogen-bond donors (Lipinski definition) is 2. The minimum atomic E-state index is 0.238. The molecule has 5 heteroatoms. The highest BCUT2D eigenvalue weighted by Gasteiger charge is 2.15. The average molecular weight is 252 g/mol. The van der Waals surface area contributed by atoms with E-state index >= 15 is 0 Å². The molecule has 0 fully saturated rings. The molecule has 3 N–H and O–H groups in total. The lowest BCUT2D eigenvalue weighted by atomic mass is 10.2. The second-order valence-electron chi connectivity index (χ2n) is 4.95. The van der Waals surface area contributed by atoms with Crippen LogP contribution in [0.5, 0.6) is 5.88 Å². The fourth-order valence-corrected chi connectivity index (χ4v) is 1.42. The molecule has 0 aliphatic carbocycles. The van der Waals surface area contributed by atoms with Crippen molar-refractivity contribution in [2.75, 3.05) is 17.7 Å². The van der Waals surface area contributed by atoms with Crippen molar-refractivity contribution in [1.29, 1.82) is 0 Å². The number of hydrogen-bond acceptors (Lipinski definition) is 5. The van der Waals surface area contributed by atoms with Gasteiger partial charge in [0.1, 0.15) is 11.5 Å². The summed E-state index contributed by atoms with van der Waals surface area (Å²) in [6.07, 6.45) is 0.924. The lowest BCUT2D eigenvalue weighted by Crippen LogP contribution is -2.16. The number of nitrogen functional groups attached to an aromatic ring is 1. The Bertz CT molecular complexity index is 391. The predicted molar refractivity (Wildman–Crippen MR) is 75.1 cm³/mol. The molecular formula is C13H24N4O. The summed E-state index contributed by atoms with van der Waals surface area (Å²) in [5, 5.41) is 3.23. The van der Waals surface area contributed by atoms with Crippen LogP contribution in [0.3, 0.4) is 0 Å². The van der Waals surface area contributed by atoms with Crippen molar-refractivity contribution in [2.24, 2.45) is 0 Å². The van der Waals surface area contributed by atoms with Gasteiger partial charge in [-0.25, -0.2) is 4.98 Å². The van der Waals surface area contributed by atoms with Crippen LogP contribution in [0.4, 0.5) is 11.5 Å². The van der Waals surface area contributed by atoms with E-state index in [9.17, 15) is 0 Å². The van der Waals surface area contributed by atoms with Gasteiger partial charge in [0.15, 0.2) is 5.82 Å². The minimum Gasteiger partial charge on any atom is -0.476 e. The van der Waals surface area contributed by atoms with Crippen LogP contribution < -0.4 is 15.8 Å². The Morgan fingerprint density at radius 2 is 1.89 bits per heavy atom. The van der Waals surface area contributed by atoms with E-state index in [-0.39, 0.29) is 12.0 Å². The zero-order chi connectivity index (χ0) is 13.7. The number of nitrogens with two attached hydrogens (primary N) is 1. The Morgan fingerprint density at radius 1 is 1.22 bits per heavy atom. The third kappa shape index (κ3) is 3.75. The molecule has 1 heterocycles. The van der Waals surface area contributed by atoms with Crippen molar-refractivity contribution >= 4 is 11.5 Å². The fraction of sp³-hybridized carbons (Fsp3) is 0.692. The number of nitrogens with zero attached hydrogens (tertiary/aromatic N) is 2. The highest BCUT2D eigenvalue weighted by atomic mass is 16.5. The summed E-state index contributed by atoms with van der Waals surface area (Å²) >= 11 is 0. The van der Waals surface area contributed by atoms with E-state index in [1.807, 2.05) is 34.6 Å². The number of aromatic nitrogens is 2. The predicted octanol–water partition coefficient (Wildman–Crippen LogP) is 2.79. The van der Waals surface area contributed by atoms with Gasteiger partial charge in [-0.2, -0.15) is 4.98 Å². The standard InChI is InChI=1S/C13H24N4O/c1-6-7-18-13-10(14)12(15-9(4)5)16-11(17-13)8(2)3/h8-9H,6-7,14H2,1-5H3,(H,15,16,17). The maximum Gasteiger partial charge on any atom is 0.242 e. The van der Waals surface area contributed by atoms with Crippen molar-refractivity contribution in [3.8, 4) is 5.88 Å². The van der Waals surface area contributed by atoms with E-state index < -0.39 is 0 Å². The molecule has 0 aliphatic rings. The molecule has 1 aromatic rings. The zero-order valence-electron chi connectivity index (χ0n) is 11.9. The fourth-order valence-electron chi connectivity index (χ4n) is 1.42. The summed E-state index contributed by atoms with van der Waals surface area (Å²) in [5.74, 6) is 2.13. The molecule has 0 bridgehead atoms. The van der Waals surface area contributed by atoms with Gasteiger partial charge in [0.2, 0.25) is 5.88 Å². The molecule has 0 radical (unpaired) electrons. The minimum absolute atomic E-state index is 0.238. The van der Waals surface area contributed by atoms with Crippen LogP contribution in [0, 0.1) is 0 Å². The van der Waals surface area contributed by atoms with Crippen LogP contribution in [-0.4, -0.2) is 22.6 Å². The molecule has 102 valence electrons. The average Bonchev–Trinajstić information content (AvgIpc) is 2.29. The van der Waals surface area contributed by atoms with Gasteiger partial charge in [-0.15, -0.1) is 0 Å². The second-order valence-corrected chi connectivity index (χ2v) is 4.95. The molecule has 0 aliphatic heterocycles. The molecule has 0 amide bonds. The Kier molecular flexibility index (Phi) is 5.19. The Morgan fingerprint density at radius 3 is 2.39 bits per heavy atom. The number of ether oxygens (including phenoxy) is 1. The van der Waals surface area contributed by atoms with Crippen molar-refractivity contribution in [2.45, 2.75) is 53.0 Å². The third-order valence-electron chi connectivity index (χ3n) is 2.31. The number of anilines is 2. The smallest absolute Gasteiger partial charge is 0.242 e. The van der Waals surface area contributed by atoms with Crippen LogP contribution >= 0.6 is 0 Å². The van der Waals surface area contributed by atoms with E-state index in [0.717, 1.165) is 12.2 Å². The van der Waals surface area contributed by atoms with Crippen molar-refractivity contribution in [3.05, 3.63) is 5.82 Å². The first-order valence-electron chi connectivity index (χ1n) is 6.52. The zero-order valence-corrected chi connectivity index (χ0v) is 11.9. The van der Waals surface area contributed by atoms with Crippen LogP contribution in [0.15, 0.2) is 0 Å². The molecule has 18 heavy (non-hydrogen) atoms. The van der Waals surface area contributed by atoms with Crippen LogP contribution in [0.25, 0.3) is 0 Å². The first kappa shape index (κ1) is 14.5. The van der Waals surface area contributed by atoms with Gasteiger partial charge >= 0.3 is 0 Å². The summed E-state index contributed by atoms with van der Waals surface area (Å²) in [5.41, 5.74) is 6.52. The Balaban J connectivity index is 3.11. The highest BCUT2D eigenvalue weighted by Crippen LogP contribution is 2.28. The molecule has 1 rings (SSSR count). The molecule has 1 aromatic heterocycles. The summed E-state index contributed by atoms with van der Waals surface area (Å²) in [6.45, 7) is 10.8. The molecule has 0 aromatic carbocycles. The van der Waals surface area contributed by atoms with E-state index in [0.29, 0.717) is 24.0 Å². The molecule has 0 spiro atoms. The first-order chi connectivity index (χ1) is 8.45. The van der Waals surface area contributed by atoms with Gasteiger partial charge in [-0.05, 0) is 20.3 Å². The maximum atomic E-state index is 6.03. The number of nitrogens with one attached hydrogen (secondary N) is 1. The molecule has 0 saturated carbocycles. The normalized spacial score (nSPS) is 11.1. The lowest BCUT2D eigenvalue weighted by molar-refractivity contribution is 0.305. The van der Waals surface area contributed by atoms with Gasteiger partial charge in [0.05, 0.1) is 6.61 Å².